The zero-order valence-corrected chi connectivity index (χ0v) is 11.2. The molecule has 0 fully saturated rings. The summed E-state index contributed by atoms with van der Waals surface area (Å²) in [5.74, 6) is -1.38. The molecule has 1 atom stereocenters. The van der Waals surface area contributed by atoms with Gasteiger partial charge in [0.05, 0.1) is 0 Å². The standard InChI is InChI=1S/C16H16F2O/c1-9-6-11(3)14(7-10(9)2)16(19)13-5-4-12(17)8-15(13)18/h4-8,16,19H,1-3H3. The van der Waals surface area contributed by atoms with Gasteiger partial charge in [-0.3, -0.25) is 0 Å². The number of hydrogen-bond acceptors (Lipinski definition) is 1. The summed E-state index contributed by atoms with van der Waals surface area (Å²) in [6.45, 7) is 5.79. The van der Waals surface area contributed by atoms with E-state index in [4.69, 9.17) is 0 Å². The third-order valence-electron chi connectivity index (χ3n) is 3.43. The van der Waals surface area contributed by atoms with Crippen molar-refractivity contribution < 1.29 is 13.9 Å². The molecule has 0 spiro atoms. The van der Waals surface area contributed by atoms with E-state index in [-0.39, 0.29) is 5.56 Å². The minimum Gasteiger partial charge on any atom is -0.384 e. The first-order valence-electron chi connectivity index (χ1n) is 6.11. The van der Waals surface area contributed by atoms with Gasteiger partial charge in [0.2, 0.25) is 0 Å². The molecule has 0 saturated carbocycles. The Balaban J connectivity index is 2.49. The molecule has 0 aliphatic heterocycles. The number of halogens is 2. The van der Waals surface area contributed by atoms with Gasteiger partial charge in [-0.1, -0.05) is 18.2 Å². The van der Waals surface area contributed by atoms with Crippen LogP contribution in [0.2, 0.25) is 0 Å². The van der Waals surface area contributed by atoms with Gasteiger partial charge in [-0.25, -0.2) is 8.78 Å². The quantitative estimate of drug-likeness (QED) is 0.868. The summed E-state index contributed by atoms with van der Waals surface area (Å²) >= 11 is 0. The van der Waals surface area contributed by atoms with E-state index in [0.717, 1.165) is 28.8 Å². The van der Waals surface area contributed by atoms with Crippen LogP contribution in [0.4, 0.5) is 8.78 Å². The average molecular weight is 262 g/mol. The van der Waals surface area contributed by atoms with E-state index in [1.165, 1.54) is 6.07 Å². The molecule has 0 aromatic heterocycles. The molecule has 2 rings (SSSR count). The van der Waals surface area contributed by atoms with Crippen LogP contribution in [0, 0.1) is 32.4 Å². The van der Waals surface area contributed by atoms with Gasteiger partial charge in [-0.05, 0) is 49.1 Å². The summed E-state index contributed by atoms with van der Waals surface area (Å²) in [4.78, 5) is 0. The Morgan fingerprint density at radius 1 is 0.842 bits per heavy atom. The Morgan fingerprint density at radius 2 is 1.47 bits per heavy atom. The van der Waals surface area contributed by atoms with Crippen molar-refractivity contribution in [1.82, 2.24) is 0 Å². The molecule has 0 saturated heterocycles. The van der Waals surface area contributed by atoms with Crippen molar-refractivity contribution in [2.24, 2.45) is 0 Å². The van der Waals surface area contributed by atoms with Gasteiger partial charge in [-0.15, -0.1) is 0 Å². The fourth-order valence-corrected chi connectivity index (χ4v) is 2.17. The van der Waals surface area contributed by atoms with Crippen molar-refractivity contribution in [3.63, 3.8) is 0 Å². The van der Waals surface area contributed by atoms with Crippen molar-refractivity contribution in [3.05, 3.63) is 69.8 Å². The van der Waals surface area contributed by atoms with E-state index in [2.05, 4.69) is 0 Å². The summed E-state index contributed by atoms with van der Waals surface area (Å²) in [6, 6.07) is 7.02. The van der Waals surface area contributed by atoms with E-state index >= 15 is 0 Å². The topological polar surface area (TPSA) is 20.2 Å². The molecule has 100 valence electrons. The van der Waals surface area contributed by atoms with Gasteiger partial charge in [-0.2, -0.15) is 0 Å². The third kappa shape index (κ3) is 2.66. The lowest BCUT2D eigenvalue weighted by molar-refractivity contribution is 0.214. The molecule has 0 aliphatic carbocycles. The molecule has 3 heteroatoms. The summed E-state index contributed by atoms with van der Waals surface area (Å²) in [5.41, 5.74) is 3.77. The molecule has 2 aromatic carbocycles. The predicted octanol–water partition coefficient (Wildman–Crippen LogP) is 3.97. The maximum absolute atomic E-state index is 13.7. The van der Waals surface area contributed by atoms with Crippen molar-refractivity contribution >= 4 is 0 Å². The van der Waals surface area contributed by atoms with E-state index < -0.39 is 17.7 Å². The van der Waals surface area contributed by atoms with Gasteiger partial charge in [0.1, 0.15) is 17.7 Å². The number of hydrogen-bond donors (Lipinski definition) is 1. The molecule has 0 bridgehead atoms. The monoisotopic (exact) mass is 262 g/mol. The maximum Gasteiger partial charge on any atom is 0.132 e. The number of aliphatic hydroxyl groups is 1. The van der Waals surface area contributed by atoms with Crippen LogP contribution in [-0.4, -0.2) is 5.11 Å². The van der Waals surface area contributed by atoms with Crippen LogP contribution in [0.1, 0.15) is 33.9 Å². The second-order valence-corrected chi connectivity index (χ2v) is 4.86. The largest absolute Gasteiger partial charge is 0.384 e. The first-order chi connectivity index (χ1) is 8.90. The lowest BCUT2D eigenvalue weighted by Gasteiger charge is -2.17. The molecule has 0 amide bonds. The Kier molecular flexibility index (Phi) is 3.67. The molecule has 2 aromatic rings. The minimum atomic E-state index is -1.08. The predicted molar refractivity (Wildman–Crippen MR) is 71.1 cm³/mol. The van der Waals surface area contributed by atoms with Gasteiger partial charge in [0.25, 0.3) is 0 Å². The second-order valence-electron chi connectivity index (χ2n) is 4.86. The van der Waals surface area contributed by atoms with Crippen LogP contribution in [0.5, 0.6) is 0 Å². The lowest BCUT2D eigenvalue weighted by atomic mass is 9.93. The van der Waals surface area contributed by atoms with Gasteiger partial charge < -0.3 is 5.11 Å². The van der Waals surface area contributed by atoms with Crippen LogP contribution in [-0.2, 0) is 0 Å². The normalized spacial score (nSPS) is 12.5. The smallest absolute Gasteiger partial charge is 0.132 e. The number of aliphatic hydroxyl groups excluding tert-OH is 1. The van der Waals surface area contributed by atoms with Crippen molar-refractivity contribution in [1.29, 1.82) is 0 Å². The highest BCUT2D eigenvalue weighted by Crippen LogP contribution is 2.28. The maximum atomic E-state index is 13.7. The molecule has 0 radical (unpaired) electrons. The first-order valence-corrected chi connectivity index (χ1v) is 6.11. The molecule has 19 heavy (non-hydrogen) atoms. The number of benzene rings is 2. The zero-order chi connectivity index (χ0) is 14.2. The SMILES string of the molecule is Cc1cc(C)c(C(O)c2ccc(F)cc2F)cc1C. The molecular weight excluding hydrogens is 246 g/mol. The fraction of sp³-hybridized carbons (Fsp3) is 0.250. The lowest BCUT2D eigenvalue weighted by Crippen LogP contribution is -2.06. The highest BCUT2D eigenvalue weighted by atomic mass is 19.1. The molecule has 0 heterocycles. The Hall–Kier alpha value is -1.74. The van der Waals surface area contributed by atoms with Crippen molar-refractivity contribution in [2.75, 3.05) is 0 Å². The Morgan fingerprint density at radius 3 is 2.11 bits per heavy atom. The summed E-state index contributed by atoms with van der Waals surface area (Å²) in [6.07, 6.45) is -1.08. The van der Waals surface area contributed by atoms with Gasteiger partial charge in [0, 0.05) is 11.6 Å². The Bertz CT molecular complexity index is 620. The van der Waals surface area contributed by atoms with Crippen LogP contribution in [0.3, 0.4) is 0 Å². The van der Waals surface area contributed by atoms with Crippen LogP contribution >= 0.6 is 0 Å². The van der Waals surface area contributed by atoms with E-state index in [1.54, 1.807) is 0 Å². The van der Waals surface area contributed by atoms with E-state index in [0.29, 0.717) is 5.56 Å². The highest BCUT2D eigenvalue weighted by Gasteiger charge is 2.18. The summed E-state index contributed by atoms with van der Waals surface area (Å²) in [5, 5.41) is 10.3. The highest BCUT2D eigenvalue weighted by molar-refractivity contribution is 5.41. The average Bonchev–Trinajstić information content (AvgIpc) is 2.33. The van der Waals surface area contributed by atoms with Gasteiger partial charge in [0.15, 0.2) is 0 Å². The van der Waals surface area contributed by atoms with Crippen LogP contribution in [0.25, 0.3) is 0 Å². The van der Waals surface area contributed by atoms with E-state index in [9.17, 15) is 13.9 Å². The summed E-state index contributed by atoms with van der Waals surface area (Å²) < 4.78 is 26.6. The molecule has 1 N–H and O–H groups in total. The van der Waals surface area contributed by atoms with Crippen molar-refractivity contribution in [2.45, 2.75) is 26.9 Å². The first kappa shape index (κ1) is 13.7. The summed E-state index contributed by atoms with van der Waals surface area (Å²) in [7, 11) is 0. The van der Waals surface area contributed by atoms with Crippen molar-refractivity contribution in [3.8, 4) is 0 Å². The molecule has 0 aliphatic rings. The molecular formula is C16H16F2O. The third-order valence-corrected chi connectivity index (χ3v) is 3.43. The Labute approximate surface area is 111 Å². The molecule has 1 nitrogen and oxygen atoms in total. The van der Waals surface area contributed by atoms with Crippen LogP contribution < -0.4 is 0 Å². The minimum absolute atomic E-state index is 0.0905. The van der Waals surface area contributed by atoms with Gasteiger partial charge >= 0.3 is 0 Å². The number of rotatable bonds is 2. The second kappa shape index (κ2) is 5.10. The number of aryl methyl sites for hydroxylation is 3. The zero-order valence-electron chi connectivity index (χ0n) is 11.2. The fourth-order valence-electron chi connectivity index (χ4n) is 2.17. The van der Waals surface area contributed by atoms with E-state index in [1.807, 2.05) is 32.9 Å². The van der Waals surface area contributed by atoms with Crippen LogP contribution in [0.15, 0.2) is 30.3 Å². The molecule has 1 unspecified atom stereocenters.